The van der Waals surface area contributed by atoms with Crippen molar-refractivity contribution in [3.63, 3.8) is 0 Å². The van der Waals surface area contributed by atoms with Crippen LogP contribution in [0, 0.1) is 12.7 Å². The molecule has 4 heteroatoms. The summed E-state index contributed by atoms with van der Waals surface area (Å²) in [5.74, 6) is -0.341. The molecule has 1 aromatic rings. The first-order chi connectivity index (χ1) is 8.66. The number of benzene rings is 1. The number of hydrogen-bond donors (Lipinski definition) is 2. The number of carbonyl (C=O) groups excluding carboxylic acids is 1. The third kappa shape index (κ3) is 3.29. The Morgan fingerprint density at radius 3 is 3.06 bits per heavy atom. The molecule has 1 fully saturated rings. The molecule has 1 aliphatic rings. The van der Waals surface area contributed by atoms with E-state index in [1.54, 1.807) is 19.1 Å². The summed E-state index contributed by atoms with van der Waals surface area (Å²) in [4.78, 5) is 11.9. The minimum absolute atomic E-state index is 0.0527. The fraction of sp³-hybridized carbons (Fsp3) is 0.500. The van der Waals surface area contributed by atoms with Gasteiger partial charge in [0.2, 0.25) is 5.91 Å². The number of piperidine rings is 1. The van der Waals surface area contributed by atoms with Gasteiger partial charge in [-0.05, 0) is 38.4 Å². The maximum absolute atomic E-state index is 13.3. The minimum Gasteiger partial charge on any atom is -0.326 e. The van der Waals surface area contributed by atoms with Crippen LogP contribution < -0.4 is 10.6 Å². The molecule has 1 amide bonds. The Labute approximate surface area is 107 Å². The van der Waals surface area contributed by atoms with Gasteiger partial charge in [-0.2, -0.15) is 0 Å². The molecule has 1 aliphatic heterocycles. The van der Waals surface area contributed by atoms with Crippen molar-refractivity contribution in [1.82, 2.24) is 5.32 Å². The van der Waals surface area contributed by atoms with E-state index in [1.165, 1.54) is 18.9 Å². The molecule has 1 heterocycles. The highest BCUT2D eigenvalue weighted by Gasteiger charge is 2.17. The van der Waals surface area contributed by atoms with Gasteiger partial charge in [0.25, 0.3) is 0 Å². The highest BCUT2D eigenvalue weighted by Crippen LogP contribution is 2.18. The van der Waals surface area contributed by atoms with Gasteiger partial charge in [-0.15, -0.1) is 0 Å². The summed E-state index contributed by atoms with van der Waals surface area (Å²) >= 11 is 0. The lowest BCUT2D eigenvalue weighted by Gasteiger charge is -2.23. The average molecular weight is 250 g/mol. The Balaban J connectivity index is 1.92. The van der Waals surface area contributed by atoms with Gasteiger partial charge in [-0.1, -0.05) is 12.5 Å². The SMILES string of the molecule is Cc1c(F)cccc1NC(=O)CC1CCCCN1. The van der Waals surface area contributed by atoms with Gasteiger partial charge in [0, 0.05) is 23.7 Å². The second-order valence-electron chi connectivity index (χ2n) is 4.81. The Hall–Kier alpha value is -1.42. The van der Waals surface area contributed by atoms with Gasteiger partial charge < -0.3 is 10.6 Å². The van der Waals surface area contributed by atoms with Crippen LogP contribution in [0.1, 0.15) is 31.2 Å². The van der Waals surface area contributed by atoms with Crippen LogP contribution in [0.5, 0.6) is 0 Å². The zero-order chi connectivity index (χ0) is 13.0. The Kier molecular flexibility index (Phi) is 4.31. The summed E-state index contributed by atoms with van der Waals surface area (Å²) in [5, 5.41) is 6.11. The Morgan fingerprint density at radius 2 is 2.33 bits per heavy atom. The third-order valence-corrected chi connectivity index (χ3v) is 3.39. The minimum atomic E-state index is -0.288. The predicted octanol–water partition coefficient (Wildman–Crippen LogP) is 2.60. The molecule has 1 saturated heterocycles. The van der Waals surface area contributed by atoms with Gasteiger partial charge in [-0.3, -0.25) is 4.79 Å². The first-order valence-electron chi connectivity index (χ1n) is 6.45. The van der Waals surface area contributed by atoms with E-state index in [9.17, 15) is 9.18 Å². The van der Waals surface area contributed by atoms with E-state index in [4.69, 9.17) is 0 Å². The van der Waals surface area contributed by atoms with E-state index in [2.05, 4.69) is 10.6 Å². The summed E-state index contributed by atoms with van der Waals surface area (Å²) in [6.45, 7) is 2.65. The fourth-order valence-corrected chi connectivity index (χ4v) is 2.27. The van der Waals surface area contributed by atoms with Crippen LogP contribution in [-0.2, 0) is 4.79 Å². The van der Waals surface area contributed by atoms with E-state index < -0.39 is 0 Å². The summed E-state index contributed by atoms with van der Waals surface area (Å²) in [6, 6.07) is 4.99. The van der Waals surface area contributed by atoms with Crippen molar-refractivity contribution in [3.05, 3.63) is 29.6 Å². The second kappa shape index (κ2) is 5.96. The molecule has 0 aromatic heterocycles. The second-order valence-corrected chi connectivity index (χ2v) is 4.81. The highest BCUT2D eigenvalue weighted by molar-refractivity contribution is 5.91. The lowest BCUT2D eigenvalue weighted by molar-refractivity contribution is -0.116. The number of anilines is 1. The van der Waals surface area contributed by atoms with Crippen LogP contribution in [-0.4, -0.2) is 18.5 Å². The largest absolute Gasteiger partial charge is 0.326 e. The summed E-state index contributed by atoms with van der Waals surface area (Å²) in [5.41, 5.74) is 1.05. The average Bonchev–Trinajstić information content (AvgIpc) is 2.36. The maximum Gasteiger partial charge on any atom is 0.225 e. The van der Waals surface area contributed by atoms with Crippen molar-refractivity contribution < 1.29 is 9.18 Å². The van der Waals surface area contributed by atoms with Crippen LogP contribution in [0.2, 0.25) is 0 Å². The molecular weight excluding hydrogens is 231 g/mol. The van der Waals surface area contributed by atoms with Gasteiger partial charge in [0.05, 0.1) is 0 Å². The van der Waals surface area contributed by atoms with E-state index in [0.717, 1.165) is 13.0 Å². The van der Waals surface area contributed by atoms with Gasteiger partial charge in [-0.25, -0.2) is 4.39 Å². The van der Waals surface area contributed by atoms with Crippen molar-refractivity contribution in [2.45, 2.75) is 38.6 Å². The zero-order valence-corrected chi connectivity index (χ0v) is 10.6. The van der Waals surface area contributed by atoms with Crippen LogP contribution >= 0.6 is 0 Å². The van der Waals surface area contributed by atoms with E-state index in [0.29, 0.717) is 17.7 Å². The predicted molar refractivity (Wildman–Crippen MR) is 70.0 cm³/mol. The normalized spacial score (nSPS) is 19.6. The summed E-state index contributed by atoms with van der Waals surface area (Å²) in [7, 11) is 0. The molecule has 1 aromatic carbocycles. The molecule has 0 aliphatic carbocycles. The summed E-state index contributed by atoms with van der Waals surface area (Å²) in [6.07, 6.45) is 3.84. The van der Waals surface area contributed by atoms with Crippen molar-refractivity contribution in [2.24, 2.45) is 0 Å². The Morgan fingerprint density at radius 1 is 1.50 bits per heavy atom. The van der Waals surface area contributed by atoms with Crippen molar-refractivity contribution >= 4 is 11.6 Å². The molecule has 3 nitrogen and oxygen atoms in total. The molecule has 2 N–H and O–H groups in total. The van der Waals surface area contributed by atoms with Crippen LogP contribution in [0.3, 0.4) is 0 Å². The van der Waals surface area contributed by atoms with Crippen molar-refractivity contribution in [1.29, 1.82) is 0 Å². The monoisotopic (exact) mass is 250 g/mol. The van der Waals surface area contributed by atoms with Gasteiger partial charge >= 0.3 is 0 Å². The quantitative estimate of drug-likeness (QED) is 0.865. The number of carbonyl (C=O) groups is 1. The van der Waals surface area contributed by atoms with Gasteiger partial charge in [0.1, 0.15) is 5.82 Å². The van der Waals surface area contributed by atoms with E-state index >= 15 is 0 Å². The Bertz CT molecular complexity index is 428. The maximum atomic E-state index is 13.3. The van der Waals surface area contributed by atoms with Crippen molar-refractivity contribution in [3.8, 4) is 0 Å². The highest BCUT2D eigenvalue weighted by atomic mass is 19.1. The molecule has 0 bridgehead atoms. The number of amides is 1. The van der Waals surface area contributed by atoms with Gasteiger partial charge in [0.15, 0.2) is 0 Å². The molecule has 98 valence electrons. The molecule has 0 radical (unpaired) electrons. The molecular formula is C14H19FN2O. The number of hydrogen-bond acceptors (Lipinski definition) is 2. The molecule has 1 unspecified atom stereocenters. The number of rotatable bonds is 3. The molecule has 0 spiro atoms. The number of nitrogens with one attached hydrogen (secondary N) is 2. The molecule has 18 heavy (non-hydrogen) atoms. The van der Waals surface area contributed by atoms with E-state index in [-0.39, 0.29) is 17.8 Å². The first-order valence-corrected chi connectivity index (χ1v) is 6.45. The molecule has 0 saturated carbocycles. The topological polar surface area (TPSA) is 41.1 Å². The zero-order valence-electron chi connectivity index (χ0n) is 10.6. The fourth-order valence-electron chi connectivity index (χ4n) is 2.27. The third-order valence-electron chi connectivity index (χ3n) is 3.39. The van der Waals surface area contributed by atoms with Crippen molar-refractivity contribution in [2.75, 3.05) is 11.9 Å². The lowest BCUT2D eigenvalue weighted by Crippen LogP contribution is -2.37. The smallest absolute Gasteiger partial charge is 0.225 e. The standard InChI is InChI=1S/C14H19FN2O/c1-10-12(15)6-4-7-13(10)17-14(18)9-11-5-2-3-8-16-11/h4,6-7,11,16H,2-3,5,8-9H2,1H3,(H,17,18). The van der Waals surface area contributed by atoms with Crippen LogP contribution in [0.15, 0.2) is 18.2 Å². The molecule has 1 atom stereocenters. The summed E-state index contributed by atoms with van der Waals surface area (Å²) < 4.78 is 13.3. The lowest BCUT2D eigenvalue weighted by atomic mass is 10.0. The number of halogens is 1. The van der Waals surface area contributed by atoms with Crippen LogP contribution in [0.25, 0.3) is 0 Å². The van der Waals surface area contributed by atoms with Crippen LogP contribution in [0.4, 0.5) is 10.1 Å². The van der Waals surface area contributed by atoms with E-state index in [1.807, 2.05) is 0 Å². The first kappa shape index (κ1) is 13.0. The molecule has 2 rings (SSSR count).